The first-order valence-corrected chi connectivity index (χ1v) is 10.0. The molecule has 0 radical (unpaired) electrons. The number of rotatable bonds is 5. The number of alkyl halides is 3. The number of carboxylic acid groups (broad SMARTS) is 1. The summed E-state index contributed by atoms with van der Waals surface area (Å²) >= 11 is 0. The van der Waals surface area contributed by atoms with Crippen LogP contribution in [0.3, 0.4) is 0 Å². The predicted octanol–water partition coefficient (Wildman–Crippen LogP) is 3.25. The fraction of sp³-hybridized carbons (Fsp3) is 0.278. The Bertz CT molecular complexity index is 1090. The summed E-state index contributed by atoms with van der Waals surface area (Å²) < 4.78 is 85.5. The molecule has 0 aliphatic carbocycles. The van der Waals surface area contributed by atoms with Crippen molar-refractivity contribution < 1.29 is 40.6 Å². The summed E-state index contributed by atoms with van der Waals surface area (Å²) in [4.78, 5) is 10.1. The first-order chi connectivity index (χ1) is 13.9. The Hall–Kier alpha value is -3.02. The zero-order valence-corrected chi connectivity index (χ0v) is 16.0. The van der Waals surface area contributed by atoms with Gasteiger partial charge >= 0.3 is 12.1 Å². The van der Waals surface area contributed by atoms with Crippen LogP contribution in [-0.2, 0) is 21.0 Å². The number of fused-ring (bicyclic) bond motifs is 1. The van der Waals surface area contributed by atoms with Gasteiger partial charge in [-0.05, 0) is 42.8 Å². The summed E-state index contributed by atoms with van der Waals surface area (Å²) in [5, 5.41) is 8.87. The third-order valence-corrected chi connectivity index (χ3v) is 6.20. The highest BCUT2D eigenvalue weighted by atomic mass is 32.2. The molecule has 30 heavy (non-hydrogen) atoms. The van der Waals surface area contributed by atoms with E-state index in [9.17, 15) is 30.8 Å². The van der Waals surface area contributed by atoms with Crippen molar-refractivity contribution in [2.75, 3.05) is 16.6 Å². The molecule has 0 amide bonds. The molecule has 0 bridgehead atoms. The van der Waals surface area contributed by atoms with E-state index >= 15 is 0 Å². The lowest BCUT2D eigenvalue weighted by Crippen LogP contribution is -2.43. The van der Waals surface area contributed by atoms with E-state index < -0.39 is 44.5 Å². The molecule has 1 heterocycles. The minimum Gasteiger partial charge on any atom is -0.486 e. The quantitative estimate of drug-likeness (QED) is 0.537. The van der Waals surface area contributed by atoms with Gasteiger partial charge in [0.05, 0.1) is 22.7 Å². The van der Waals surface area contributed by atoms with E-state index in [2.05, 4.69) is 0 Å². The molecular formula is C18H16F4N2O5S. The van der Waals surface area contributed by atoms with Crippen molar-refractivity contribution in [1.29, 1.82) is 0 Å². The van der Waals surface area contributed by atoms with E-state index in [1.54, 1.807) is 0 Å². The average Bonchev–Trinajstić information content (AvgIpc) is 2.65. The number of sulfonamides is 1. The summed E-state index contributed by atoms with van der Waals surface area (Å²) in [6.45, 7) is -0.356. The van der Waals surface area contributed by atoms with Crippen LogP contribution in [0.1, 0.15) is 18.4 Å². The predicted molar refractivity (Wildman–Crippen MR) is 98.1 cm³/mol. The normalized spacial score (nSPS) is 16.7. The zero-order chi connectivity index (χ0) is 22.3. The van der Waals surface area contributed by atoms with E-state index in [0.717, 1.165) is 10.4 Å². The lowest BCUT2D eigenvalue weighted by atomic mass is 10.1. The molecule has 2 aromatic rings. The molecule has 3 rings (SSSR count). The van der Waals surface area contributed by atoms with Crippen LogP contribution in [0.4, 0.5) is 28.9 Å². The topological polar surface area (TPSA) is 110 Å². The van der Waals surface area contributed by atoms with Gasteiger partial charge in [-0.15, -0.1) is 0 Å². The summed E-state index contributed by atoms with van der Waals surface area (Å²) in [7, 11) is -4.58. The van der Waals surface area contributed by atoms with Crippen LogP contribution in [0.5, 0.6) is 5.75 Å². The molecule has 12 heteroatoms. The molecule has 2 aromatic carbocycles. The lowest BCUT2D eigenvalue weighted by molar-refractivity contribution is -0.140. The van der Waals surface area contributed by atoms with E-state index in [-0.39, 0.29) is 42.6 Å². The first kappa shape index (κ1) is 21.7. The number of nitrogen functional groups attached to an aromatic ring is 1. The van der Waals surface area contributed by atoms with Crippen LogP contribution in [-0.4, -0.2) is 32.1 Å². The van der Waals surface area contributed by atoms with Gasteiger partial charge in [-0.2, -0.15) is 13.2 Å². The monoisotopic (exact) mass is 448 g/mol. The van der Waals surface area contributed by atoms with E-state index in [1.807, 2.05) is 0 Å². The van der Waals surface area contributed by atoms with Crippen molar-refractivity contribution >= 4 is 27.4 Å². The van der Waals surface area contributed by atoms with Gasteiger partial charge in [0.25, 0.3) is 10.0 Å². The fourth-order valence-electron chi connectivity index (χ4n) is 3.00. The van der Waals surface area contributed by atoms with Crippen molar-refractivity contribution in [2.24, 2.45) is 0 Å². The number of hydrogen-bond donors (Lipinski definition) is 2. The molecule has 1 aliphatic heterocycles. The van der Waals surface area contributed by atoms with Gasteiger partial charge in [0.1, 0.15) is 17.7 Å². The molecule has 3 N–H and O–H groups in total. The molecule has 0 spiro atoms. The van der Waals surface area contributed by atoms with Gasteiger partial charge in [0, 0.05) is 12.1 Å². The molecular weight excluding hydrogens is 432 g/mol. The number of aliphatic carboxylic acids is 1. The van der Waals surface area contributed by atoms with Crippen LogP contribution in [0, 0.1) is 5.82 Å². The van der Waals surface area contributed by atoms with Crippen LogP contribution in [0.2, 0.25) is 0 Å². The molecule has 0 saturated carbocycles. The number of ether oxygens (including phenoxy) is 1. The van der Waals surface area contributed by atoms with Gasteiger partial charge in [0.2, 0.25) is 0 Å². The van der Waals surface area contributed by atoms with Gasteiger partial charge in [-0.3, -0.25) is 9.10 Å². The number of carbonyl (C=O) groups is 1. The third-order valence-electron chi connectivity index (χ3n) is 4.43. The summed E-state index contributed by atoms with van der Waals surface area (Å²) in [6, 6.07) is 5.47. The lowest BCUT2D eigenvalue weighted by Gasteiger charge is -2.35. The van der Waals surface area contributed by atoms with Crippen molar-refractivity contribution in [3.63, 3.8) is 0 Å². The molecule has 1 atom stereocenters. The van der Waals surface area contributed by atoms with Crippen LogP contribution in [0.25, 0.3) is 0 Å². The highest BCUT2D eigenvalue weighted by Gasteiger charge is 2.38. The molecule has 0 fully saturated rings. The molecule has 0 aromatic heterocycles. The smallest absolute Gasteiger partial charge is 0.419 e. The van der Waals surface area contributed by atoms with Gasteiger partial charge in [-0.25, -0.2) is 12.8 Å². The summed E-state index contributed by atoms with van der Waals surface area (Å²) in [5.74, 6) is -2.65. The Morgan fingerprint density at radius 2 is 1.93 bits per heavy atom. The highest BCUT2D eigenvalue weighted by Crippen LogP contribution is 2.40. The number of nitrogens with zero attached hydrogens (tertiary/aromatic N) is 1. The Morgan fingerprint density at radius 3 is 2.57 bits per heavy atom. The van der Waals surface area contributed by atoms with E-state index in [0.29, 0.717) is 6.07 Å². The standard InChI is InChI=1S/C18H16F4N2O5S/c19-14-4-3-12(8-13(14)18(20,21)22)30(27,28)24-9-11(2-6-17(25)26)29-16-5-1-10(23)7-15(16)24/h1,3-5,7-8,11H,2,6,9,23H2,(H,25,26). The van der Waals surface area contributed by atoms with Crippen LogP contribution >= 0.6 is 0 Å². The van der Waals surface area contributed by atoms with Gasteiger partial charge in [-0.1, -0.05) is 0 Å². The van der Waals surface area contributed by atoms with Crippen LogP contribution < -0.4 is 14.8 Å². The molecule has 1 unspecified atom stereocenters. The maximum atomic E-state index is 13.6. The number of hydrogen-bond acceptors (Lipinski definition) is 5. The Labute approximate surface area is 168 Å². The summed E-state index contributed by atoms with van der Waals surface area (Å²) in [6.07, 6.45) is -6.30. The molecule has 162 valence electrons. The third kappa shape index (κ3) is 4.27. The van der Waals surface area contributed by atoms with Crippen LogP contribution in [0.15, 0.2) is 41.3 Å². The SMILES string of the molecule is Nc1ccc2c(c1)N(S(=O)(=O)c1ccc(F)c(C(F)(F)F)c1)CC(CCC(=O)O)O2. The van der Waals surface area contributed by atoms with Gasteiger partial charge in [0.15, 0.2) is 0 Å². The minimum atomic E-state index is -5.09. The second kappa shape index (κ2) is 7.67. The fourth-order valence-corrected chi connectivity index (χ4v) is 4.53. The number of nitrogens with two attached hydrogens (primary N) is 1. The maximum absolute atomic E-state index is 13.6. The first-order valence-electron chi connectivity index (χ1n) is 8.57. The molecule has 1 aliphatic rings. The second-order valence-electron chi connectivity index (χ2n) is 6.57. The van der Waals surface area contributed by atoms with E-state index in [4.69, 9.17) is 15.6 Å². The highest BCUT2D eigenvalue weighted by molar-refractivity contribution is 7.92. The number of halogens is 4. The van der Waals surface area contributed by atoms with Crippen molar-refractivity contribution in [3.05, 3.63) is 47.8 Å². The largest absolute Gasteiger partial charge is 0.486 e. The molecule has 0 saturated heterocycles. The number of carboxylic acids is 1. The van der Waals surface area contributed by atoms with Crippen molar-refractivity contribution in [1.82, 2.24) is 0 Å². The summed E-state index contributed by atoms with van der Waals surface area (Å²) in [5.41, 5.74) is 4.15. The second-order valence-corrected chi connectivity index (χ2v) is 8.44. The maximum Gasteiger partial charge on any atom is 0.419 e. The van der Waals surface area contributed by atoms with Gasteiger partial charge < -0.3 is 15.6 Å². The van der Waals surface area contributed by atoms with Crippen molar-refractivity contribution in [3.8, 4) is 5.75 Å². The molecule has 7 nitrogen and oxygen atoms in total. The Kier molecular flexibility index (Phi) is 5.54. The van der Waals surface area contributed by atoms with Crippen molar-refractivity contribution in [2.45, 2.75) is 30.0 Å². The zero-order valence-electron chi connectivity index (χ0n) is 15.2. The number of benzene rings is 2. The Morgan fingerprint density at radius 1 is 1.23 bits per heavy atom. The number of anilines is 2. The Balaban J connectivity index is 2.07. The minimum absolute atomic E-state index is 0.0144. The van der Waals surface area contributed by atoms with E-state index in [1.165, 1.54) is 18.2 Å². The average molecular weight is 448 g/mol.